The SMILES string of the molecule is Cn1ccnc(N2CCC(COc3c(F)cccc3F)CC2)c1=O. The van der Waals surface area contributed by atoms with Crippen LogP contribution in [-0.4, -0.2) is 29.2 Å². The molecule has 0 unspecified atom stereocenters. The van der Waals surface area contributed by atoms with Gasteiger partial charge in [-0.1, -0.05) is 6.07 Å². The molecule has 1 aromatic carbocycles. The van der Waals surface area contributed by atoms with Crippen LogP contribution >= 0.6 is 0 Å². The van der Waals surface area contributed by atoms with Crippen LogP contribution in [0.1, 0.15) is 12.8 Å². The summed E-state index contributed by atoms with van der Waals surface area (Å²) in [6, 6.07) is 3.67. The molecule has 0 spiro atoms. The summed E-state index contributed by atoms with van der Waals surface area (Å²) in [5.74, 6) is -1.07. The van der Waals surface area contributed by atoms with Crippen molar-refractivity contribution in [1.82, 2.24) is 9.55 Å². The quantitative estimate of drug-likeness (QED) is 0.861. The van der Waals surface area contributed by atoms with E-state index in [1.165, 1.54) is 22.8 Å². The maximum Gasteiger partial charge on any atom is 0.293 e. The molecule has 0 aliphatic carbocycles. The lowest BCUT2D eigenvalue weighted by atomic mass is 9.98. The van der Waals surface area contributed by atoms with Crippen LogP contribution in [0.2, 0.25) is 0 Å². The van der Waals surface area contributed by atoms with E-state index in [4.69, 9.17) is 4.74 Å². The number of benzene rings is 1. The van der Waals surface area contributed by atoms with Crippen molar-refractivity contribution in [3.63, 3.8) is 0 Å². The van der Waals surface area contributed by atoms with Gasteiger partial charge in [-0.25, -0.2) is 13.8 Å². The smallest absolute Gasteiger partial charge is 0.293 e. The van der Waals surface area contributed by atoms with Crippen LogP contribution in [0.3, 0.4) is 0 Å². The molecule has 0 amide bonds. The van der Waals surface area contributed by atoms with E-state index >= 15 is 0 Å². The summed E-state index contributed by atoms with van der Waals surface area (Å²) in [5.41, 5.74) is -0.124. The Balaban J connectivity index is 1.58. The maximum absolute atomic E-state index is 13.6. The average Bonchev–Trinajstić information content (AvgIpc) is 2.58. The first kappa shape index (κ1) is 16.4. The van der Waals surface area contributed by atoms with Crippen molar-refractivity contribution >= 4 is 5.82 Å². The number of aryl methyl sites for hydroxylation is 1. The first-order valence-corrected chi connectivity index (χ1v) is 7.89. The number of rotatable bonds is 4. The number of hydrogen-bond acceptors (Lipinski definition) is 4. The predicted octanol–water partition coefficient (Wildman–Crippen LogP) is 2.35. The fraction of sp³-hybridized carbons (Fsp3) is 0.412. The third-order valence-electron chi connectivity index (χ3n) is 4.30. The average molecular weight is 335 g/mol. The fourth-order valence-corrected chi connectivity index (χ4v) is 2.83. The van der Waals surface area contributed by atoms with Gasteiger partial charge >= 0.3 is 0 Å². The zero-order chi connectivity index (χ0) is 17.1. The van der Waals surface area contributed by atoms with Gasteiger partial charge in [0.1, 0.15) is 0 Å². The Bertz CT molecular complexity index is 750. The van der Waals surface area contributed by atoms with Gasteiger partial charge in [0, 0.05) is 32.5 Å². The number of aromatic nitrogens is 2. The van der Waals surface area contributed by atoms with Crippen LogP contribution < -0.4 is 15.2 Å². The molecule has 1 saturated heterocycles. The summed E-state index contributed by atoms with van der Waals surface area (Å²) < 4.78 is 33.9. The third kappa shape index (κ3) is 3.39. The Morgan fingerprint density at radius 3 is 2.58 bits per heavy atom. The first-order valence-electron chi connectivity index (χ1n) is 7.89. The molecule has 2 heterocycles. The standard InChI is InChI=1S/C17H19F2N3O2/c1-21-10-7-20-16(17(21)23)22-8-5-12(6-9-22)11-24-15-13(18)3-2-4-14(15)19/h2-4,7,10,12H,5-6,8-9,11H2,1H3. The van der Waals surface area contributed by atoms with E-state index in [1.54, 1.807) is 19.4 Å². The Morgan fingerprint density at radius 1 is 1.25 bits per heavy atom. The molecule has 24 heavy (non-hydrogen) atoms. The molecule has 1 aromatic heterocycles. The molecule has 7 heteroatoms. The molecule has 0 bridgehead atoms. The predicted molar refractivity (Wildman–Crippen MR) is 86.3 cm³/mol. The number of halogens is 2. The van der Waals surface area contributed by atoms with Gasteiger partial charge < -0.3 is 14.2 Å². The van der Waals surface area contributed by atoms with Crippen molar-refractivity contribution in [3.05, 3.63) is 52.6 Å². The van der Waals surface area contributed by atoms with E-state index < -0.39 is 11.6 Å². The van der Waals surface area contributed by atoms with Crippen molar-refractivity contribution < 1.29 is 13.5 Å². The molecule has 0 atom stereocenters. The normalized spacial score (nSPS) is 15.5. The molecule has 0 saturated carbocycles. The second-order valence-electron chi connectivity index (χ2n) is 5.96. The van der Waals surface area contributed by atoms with Gasteiger partial charge in [-0.2, -0.15) is 0 Å². The molecule has 2 aromatic rings. The zero-order valence-electron chi connectivity index (χ0n) is 13.4. The number of hydrogen-bond donors (Lipinski definition) is 0. The van der Waals surface area contributed by atoms with Gasteiger partial charge in [0.25, 0.3) is 5.56 Å². The number of piperidine rings is 1. The second-order valence-corrected chi connectivity index (χ2v) is 5.96. The van der Waals surface area contributed by atoms with Crippen molar-refractivity contribution in [1.29, 1.82) is 0 Å². The highest BCUT2D eigenvalue weighted by Gasteiger charge is 2.23. The van der Waals surface area contributed by atoms with Gasteiger partial charge in [-0.05, 0) is 30.9 Å². The summed E-state index contributed by atoms with van der Waals surface area (Å²) in [7, 11) is 1.69. The highest BCUT2D eigenvalue weighted by atomic mass is 19.1. The fourth-order valence-electron chi connectivity index (χ4n) is 2.83. The van der Waals surface area contributed by atoms with E-state index in [0.29, 0.717) is 18.9 Å². The number of ether oxygens (including phenoxy) is 1. The van der Waals surface area contributed by atoms with E-state index in [9.17, 15) is 13.6 Å². The maximum atomic E-state index is 13.6. The zero-order valence-corrected chi connectivity index (χ0v) is 13.4. The van der Waals surface area contributed by atoms with Gasteiger partial charge in [0.15, 0.2) is 23.2 Å². The van der Waals surface area contributed by atoms with Crippen LogP contribution in [0.15, 0.2) is 35.4 Å². The molecular weight excluding hydrogens is 316 g/mol. The largest absolute Gasteiger partial charge is 0.487 e. The van der Waals surface area contributed by atoms with Gasteiger partial charge in [-0.3, -0.25) is 4.79 Å². The highest BCUT2D eigenvalue weighted by molar-refractivity contribution is 5.36. The lowest BCUT2D eigenvalue weighted by Crippen LogP contribution is -2.40. The lowest BCUT2D eigenvalue weighted by Gasteiger charge is -2.32. The van der Waals surface area contributed by atoms with Crippen LogP contribution in [-0.2, 0) is 7.05 Å². The number of nitrogens with zero attached hydrogens (tertiary/aromatic N) is 3. The van der Waals surface area contributed by atoms with Gasteiger partial charge in [-0.15, -0.1) is 0 Å². The number of anilines is 1. The van der Waals surface area contributed by atoms with Crippen LogP contribution in [0, 0.1) is 17.6 Å². The Morgan fingerprint density at radius 2 is 1.92 bits per heavy atom. The molecule has 5 nitrogen and oxygen atoms in total. The molecule has 128 valence electrons. The van der Waals surface area contributed by atoms with E-state index in [-0.39, 0.29) is 23.8 Å². The Labute approximate surface area is 138 Å². The van der Waals surface area contributed by atoms with Crippen LogP contribution in [0.4, 0.5) is 14.6 Å². The molecular formula is C17H19F2N3O2. The van der Waals surface area contributed by atoms with Crippen molar-refractivity contribution in [3.8, 4) is 5.75 Å². The van der Waals surface area contributed by atoms with E-state index in [0.717, 1.165) is 12.8 Å². The lowest BCUT2D eigenvalue weighted by molar-refractivity contribution is 0.207. The summed E-state index contributed by atoms with van der Waals surface area (Å²) >= 11 is 0. The molecule has 3 rings (SSSR count). The van der Waals surface area contributed by atoms with Crippen molar-refractivity contribution in [2.45, 2.75) is 12.8 Å². The minimum atomic E-state index is -0.690. The van der Waals surface area contributed by atoms with E-state index in [2.05, 4.69) is 4.98 Å². The summed E-state index contributed by atoms with van der Waals surface area (Å²) in [6.45, 7) is 1.59. The topological polar surface area (TPSA) is 47.4 Å². The number of para-hydroxylation sites is 1. The molecule has 1 fully saturated rings. The minimum Gasteiger partial charge on any atom is -0.487 e. The van der Waals surface area contributed by atoms with Gasteiger partial charge in [0.05, 0.1) is 6.61 Å². The van der Waals surface area contributed by atoms with Crippen LogP contribution in [0.25, 0.3) is 0 Å². The Kier molecular flexibility index (Phi) is 4.78. The summed E-state index contributed by atoms with van der Waals surface area (Å²) in [5, 5.41) is 0. The Hall–Kier alpha value is -2.44. The molecule has 1 aliphatic rings. The molecule has 0 N–H and O–H groups in total. The first-order chi connectivity index (χ1) is 11.6. The van der Waals surface area contributed by atoms with Crippen molar-refractivity contribution in [2.24, 2.45) is 13.0 Å². The summed E-state index contributed by atoms with van der Waals surface area (Å²) in [4.78, 5) is 18.2. The van der Waals surface area contributed by atoms with Crippen molar-refractivity contribution in [2.75, 3.05) is 24.6 Å². The monoisotopic (exact) mass is 335 g/mol. The second kappa shape index (κ2) is 6.98. The highest BCUT2D eigenvalue weighted by Crippen LogP contribution is 2.24. The van der Waals surface area contributed by atoms with E-state index in [1.807, 2.05) is 4.90 Å². The van der Waals surface area contributed by atoms with Gasteiger partial charge in [0.2, 0.25) is 0 Å². The molecule has 0 radical (unpaired) electrons. The van der Waals surface area contributed by atoms with Crippen LogP contribution in [0.5, 0.6) is 5.75 Å². The molecule has 1 aliphatic heterocycles. The third-order valence-corrected chi connectivity index (χ3v) is 4.30. The minimum absolute atomic E-state index is 0.124. The summed E-state index contributed by atoms with van der Waals surface area (Å²) in [6.07, 6.45) is 4.77.